The van der Waals surface area contributed by atoms with Crippen LogP contribution in [-0.2, 0) is 25.4 Å². The number of carbonyl (C=O) groups excluding carboxylic acids is 1. The molecule has 0 spiro atoms. The van der Waals surface area contributed by atoms with E-state index < -0.39 is 0 Å². The molecule has 0 saturated carbocycles. The summed E-state index contributed by atoms with van der Waals surface area (Å²) in [5, 5.41) is 3.59. The summed E-state index contributed by atoms with van der Waals surface area (Å²) in [6.45, 7) is 1.60. The fourth-order valence-corrected chi connectivity index (χ4v) is 3.62. The van der Waals surface area contributed by atoms with Gasteiger partial charge in [0, 0.05) is 44.8 Å². The fraction of sp³-hybridized carbons (Fsp3) is 0.421. The van der Waals surface area contributed by atoms with Gasteiger partial charge >= 0.3 is 5.69 Å². The number of anilines is 1. The van der Waals surface area contributed by atoms with Crippen LogP contribution in [0.1, 0.15) is 18.4 Å². The third-order valence-electron chi connectivity index (χ3n) is 4.97. The van der Waals surface area contributed by atoms with E-state index in [1.165, 1.54) is 17.7 Å². The summed E-state index contributed by atoms with van der Waals surface area (Å²) in [5.41, 5.74) is 0.225. The van der Waals surface area contributed by atoms with Crippen LogP contribution in [0.25, 0.3) is 0 Å². The quantitative estimate of drug-likeness (QED) is 0.853. The number of aromatic nitrogens is 2. The van der Waals surface area contributed by atoms with Gasteiger partial charge in [-0.25, -0.2) is 4.79 Å². The lowest BCUT2D eigenvalue weighted by molar-refractivity contribution is -0.125. The third-order valence-corrected chi connectivity index (χ3v) is 5.21. The number of nitrogens with one attached hydrogen (secondary N) is 1. The molecule has 1 fully saturated rings. The van der Waals surface area contributed by atoms with Gasteiger partial charge in [0.2, 0.25) is 5.91 Å². The number of piperidine rings is 1. The number of nitrogens with zero attached hydrogens (tertiary/aromatic N) is 3. The first kappa shape index (κ1) is 19.2. The normalized spacial score (nSPS) is 17.0. The van der Waals surface area contributed by atoms with Gasteiger partial charge in [-0.3, -0.25) is 18.7 Å². The van der Waals surface area contributed by atoms with E-state index >= 15 is 0 Å². The van der Waals surface area contributed by atoms with Gasteiger partial charge in [-0.2, -0.15) is 0 Å². The number of hydrogen-bond acceptors (Lipinski definition) is 4. The zero-order valence-corrected chi connectivity index (χ0v) is 16.2. The van der Waals surface area contributed by atoms with Crippen molar-refractivity contribution in [1.29, 1.82) is 0 Å². The van der Waals surface area contributed by atoms with Crippen LogP contribution < -0.4 is 21.5 Å². The molecule has 1 atom stereocenters. The molecule has 8 heteroatoms. The minimum atomic E-state index is -0.370. The van der Waals surface area contributed by atoms with Crippen LogP contribution in [0.2, 0.25) is 5.02 Å². The maximum Gasteiger partial charge on any atom is 0.332 e. The Morgan fingerprint density at radius 2 is 2.00 bits per heavy atom. The lowest BCUT2D eigenvalue weighted by Crippen LogP contribution is -2.46. The van der Waals surface area contributed by atoms with Gasteiger partial charge in [-0.15, -0.1) is 0 Å². The van der Waals surface area contributed by atoms with Crippen molar-refractivity contribution < 1.29 is 4.79 Å². The highest BCUT2D eigenvalue weighted by molar-refractivity contribution is 6.30. The Bertz CT molecular complexity index is 966. The smallest absolute Gasteiger partial charge is 0.332 e. The molecule has 1 unspecified atom stereocenters. The second-order valence-corrected chi connectivity index (χ2v) is 7.31. The Morgan fingerprint density at radius 3 is 2.74 bits per heavy atom. The van der Waals surface area contributed by atoms with E-state index in [4.69, 9.17) is 11.6 Å². The van der Waals surface area contributed by atoms with Gasteiger partial charge in [0.25, 0.3) is 5.56 Å². The average Bonchev–Trinajstić information content (AvgIpc) is 2.67. The highest BCUT2D eigenvalue weighted by Gasteiger charge is 2.27. The molecule has 0 radical (unpaired) electrons. The van der Waals surface area contributed by atoms with Gasteiger partial charge in [-0.05, 0) is 30.5 Å². The van der Waals surface area contributed by atoms with Crippen molar-refractivity contribution in [3.05, 3.63) is 61.8 Å². The summed E-state index contributed by atoms with van der Waals surface area (Å²) >= 11 is 5.97. The Morgan fingerprint density at radius 1 is 1.22 bits per heavy atom. The minimum Gasteiger partial charge on any atom is -0.357 e. The molecule has 1 aliphatic heterocycles. The van der Waals surface area contributed by atoms with E-state index in [1.807, 2.05) is 23.1 Å². The predicted molar refractivity (Wildman–Crippen MR) is 105 cm³/mol. The monoisotopic (exact) mass is 390 g/mol. The lowest BCUT2D eigenvalue weighted by atomic mass is 9.97. The molecule has 2 aromatic rings. The predicted octanol–water partition coefficient (Wildman–Crippen LogP) is 1.27. The van der Waals surface area contributed by atoms with E-state index in [9.17, 15) is 14.4 Å². The Balaban J connectivity index is 1.70. The number of amides is 1. The lowest BCUT2D eigenvalue weighted by Gasteiger charge is -2.34. The summed E-state index contributed by atoms with van der Waals surface area (Å²) in [6.07, 6.45) is 1.59. The van der Waals surface area contributed by atoms with Crippen LogP contribution in [0.3, 0.4) is 0 Å². The molecule has 1 saturated heterocycles. The molecular weight excluding hydrogens is 368 g/mol. The van der Waals surface area contributed by atoms with Crippen LogP contribution in [-0.4, -0.2) is 28.1 Å². The number of hydrogen-bond donors (Lipinski definition) is 1. The Kier molecular flexibility index (Phi) is 5.70. The number of carbonyl (C=O) groups is 1. The first-order chi connectivity index (χ1) is 12.9. The molecule has 2 heterocycles. The van der Waals surface area contributed by atoms with Crippen LogP contribution in [0.15, 0.2) is 39.9 Å². The van der Waals surface area contributed by atoms with Crippen molar-refractivity contribution in [1.82, 2.24) is 14.5 Å². The number of rotatable bonds is 4. The molecule has 1 N–H and O–H groups in total. The summed E-state index contributed by atoms with van der Waals surface area (Å²) in [5.74, 6) is 0.320. The molecule has 1 aliphatic rings. The molecule has 3 rings (SSSR count). The largest absolute Gasteiger partial charge is 0.357 e. The highest BCUT2D eigenvalue weighted by Crippen LogP contribution is 2.21. The molecule has 0 bridgehead atoms. The van der Waals surface area contributed by atoms with E-state index in [0.29, 0.717) is 30.5 Å². The Labute approximate surface area is 162 Å². The maximum absolute atomic E-state index is 12.6. The summed E-state index contributed by atoms with van der Waals surface area (Å²) in [4.78, 5) is 38.7. The summed E-state index contributed by atoms with van der Waals surface area (Å²) in [6, 6.07) is 8.83. The maximum atomic E-state index is 12.6. The molecule has 27 heavy (non-hydrogen) atoms. The Hall–Kier alpha value is -2.54. The first-order valence-corrected chi connectivity index (χ1v) is 9.29. The molecule has 0 aliphatic carbocycles. The minimum absolute atomic E-state index is 0.0338. The van der Waals surface area contributed by atoms with Crippen LogP contribution >= 0.6 is 11.6 Å². The van der Waals surface area contributed by atoms with Crippen molar-refractivity contribution in [2.45, 2.75) is 19.4 Å². The molecule has 1 aromatic carbocycles. The fourth-order valence-electron chi connectivity index (χ4n) is 3.40. The van der Waals surface area contributed by atoms with E-state index in [-0.39, 0.29) is 23.1 Å². The van der Waals surface area contributed by atoms with Crippen molar-refractivity contribution in [2.75, 3.05) is 18.0 Å². The molecule has 7 nitrogen and oxygen atoms in total. The van der Waals surface area contributed by atoms with E-state index in [1.54, 1.807) is 13.1 Å². The summed E-state index contributed by atoms with van der Waals surface area (Å²) in [7, 11) is 3.09. The molecule has 1 aromatic heterocycles. The summed E-state index contributed by atoms with van der Waals surface area (Å²) < 4.78 is 2.52. The first-order valence-electron chi connectivity index (χ1n) is 8.91. The highest BCUT2D eigenvalue weighted by atomic mass is 35.5. The van der Waals surface area contributed by atoms with Gasteiger partial charge in [0.05, 0.1) is 5.92 Å². The standard InChI is InChI=1S/C19H23ClN4O3/c1-22-16(10-17(25)23(2)19(22)27)24-8-4-6-14(12-24)18(26)21-11-13-5-3-7-15(20)9-13/h3,5,7,9-10,14H,4,6,8,11-12H2,1-2H3,(H,21,26). The molecule has 1 amide bonds. The zero-order valence-electron chi connectivity index (χ0n) is 15.4. The average molecular weight is 391 g/mol. The van der Waals surface area contributed by atoms with Crippen LogP contribution in [0, 0.1) is 5.92 Å². The number of benzene rings is 1. The van der Waals surface area contributed by atoms with Gasteiger partial charge < -0.3 is 10.2 Å². The van der Waals surface area contributed by atoms with Gasteiger partial charge in [0.1, 0.15) is 5.82 Å². The topological polar surface area (TPSA) is 76.3 Å². The van der Waals surface area contributed by atoms with E-state index in [2.05, 4.69) is 5.32 Å². The van der Waals surface area contributed by atoms with E-state index in [0.717, 1.165) is 23.0 Å². The van der Waals surface area contributed by atoms with Crippen LogP contribution in [0.5, 0.6) is 0 Å². The second kappa shape index (κ2) is 8.00. The van der Waals surface area contributed by atoms with Gasteiger partial charge in [-0.1, -0.05) is 23.7 Å². The van der Waals surface area contributed by atoms with Crippen molar-refractivity contribution >= 4 is 23.3 Å². The van der Waals surface area contributed by atoms with Crippen molar-refractivity contribution in [3.63, 3.8) is 0 Å². The van der Waals surface area contributed by atoms with Crippen molar-refractivity contribution in [3.8, 4) is 0 Å². The second-order valence-electron chi connectivity index (χ2n) is 6.87. The third kappa shape index (κ3) is 4.24. The van der Waals surface area contributed by atoms with Crippen LogP contribution in [0.4, 0.5) is 5.82 Å². The zero-order chi connectivity index (χ0) is 19.6. The SMILES string of the molecule is Cn1c(N2CCCC(C(=O)NCc3cccc(Cl)c3)C2)cc(=O)n(C)c1=O. The number of halogens is 1. The molecule has 144 valence electrons. The van der Waals surface area contributed by atoms with Crippen molar-refractivity contribution in [2.24, 2.45) is 20.0 Å². The molecular formula is C19H23ClN4O3. The van der Waals surface area contributed by atoms with Gasteiger partial charge in [0.15, 0.2) is 0 Å².